The number of carbonyl (C=O) groups is 1. The summed E-state index contributed by atoms with van der Waals surface area (Å²) in [5, 5.41) is 10.5. The smallest absolute Gasteiger partial charge is 0.250 e. The van der Waals surface area contributed by atoms with Gasteiger partial charge in [-0.25, -0.2) is 13.1 Å². The molecular formula is C13H22N2O4S2. The number of carbonyl (C=O) groups excluding carboxylic acids is 1. The maximum atomic E-state index is 12.2. The van der Waals surface area contributed by atoms with E-state index in [1.807, 2.05) is 27.9 Å². The Morgan fingerprint density at radius 3 is 2.52 bits per heavy atom. The number of nitrogens with one attached hydrogen (secondary N) is 2. The van der Waals surface area contributed by atoms with Crippen molar-refractivity contribution in [2.75, 3.05) is 27.2 Å². The van der Waals surface area contributed by atoms with Crippen LogP contribution in [-0.4, -0.2) is 41.6 Å². The van der Waals surface area contributed by atoms with Crippen molar-refractivity contribution in [2.24, 2.45) is 5.41 Å². The second-order valence-electron chi connectivity index (χ2n) is 6.14. The van der Waals surface area contributed by atoms with Crippen molar-refractivity contribution in [3.63, 3.8) is 0 Å². The molecule has 0 bridgehead atoms. The number of rotatable bonds is 8. The first-order chi connectivity index (χ1) is 9.52. The lowest BCUT2D eigenvalue weighted by Gasteiger charge is -2.25. The predicted octanol–water partition coefficient (Wildman–Crippen LogP) is -1.51. The Hall–Kier alpha value is -0.960. The van der Waals surface area contributed by atoms with Crippen molar-refractivity contribution in [3.8, 4) is 0 Å². The Morgan fingerprint density at radius 2 is 2.00 bits per heavy atom. The first-order valence-corrected chi connectivity index (χ1v) is 8.89. The number of quaternary nitrogens is 1. The van der Waals surface area contributed by atoms with Crippen LogP contribution in [-0.2, 0) is 21.2 Å². The topological polar surface area (TPSA) is 90.7 Å². The summed E-state index contributed by atoms with van der Waals surface area (Å²) < 4.78 is 27.1. The monoisotopic (exact) mass is 334 g/mol. The summed E-state index contributed by atoms with van der Waals surface area (Å²) in [6, 6.07) is 2.93. The first-order valence-electron chi connectivity index (χ1n) is 6.59. The van der Waals surface area contributed by atoms with Gasteiger partial charge in [-0.1, -0.05) is 13.8 Å². The van der Waals surface area contributed by atoms with E-state index in [1.54, 1.807) is 0 Å². The van der Waals surface area contributed by atoms with E-state index in [0.29, 0.717) is 11.4 Å². The average molecular weight is 334 g/mol. The molecule has 8 heteroatoms. The molecule has 0 unspecified atom stereocenters. The van der Waals surface area contributed by atoms with Gasteiger partial charge in [-0.3, -0.25) is 0 Å². The van der Waals surface area contributed by atoms with Crippen LogP contribution in [0.1, 0.15) is 18.7 Å². The number of hydrogen-bond donors (Lipinski definition) is 2. The highest BCUT2D eigenvalue weighted by Gasteiger charge is 2.25. The summed E-state index contributed by atoms with van der Waals surface area (Å²) in [5.74, 6) is -1.22. The summed E-state index contributed by atoms with van der Waals surface area (Å²) >= 11 is 0.956. The lowest BCUT2D eigenvalue weighted by molar-refractivity contribution is -0.865. The molecule has 1 rings (SSSR count). The van der Waals surface area contributed by atoms with E-state index in [0.717, 1.165) is 17.9 Å². The SMILES string of the molecule is C[NH+](C)CC(C)(C)CNS(=O)(=O)c1ccc(CC(=O)[O-])s1. The van der Waals surface area contributed by atoms with Crippen LogP contribution in [0.15, 0.2) is 16.3 Å². The molecule has 0 aliphatic heterocycles. The molecule has 0 fully saturated rings. The predicted molar refractivity (Wildman–Crippen MR) is 79.7 cm³/mol. The molecule has 1 aromatic rings. The van der Waals surface area contributed by atoms with E-state index in [-0.39, 0.29) is 16.0 Å². The van der Waals surface area contributed by atoms with Crippen molar-refractivity contribution >= 4 is 27.3 Å². The van der Waals surface area contributed by atoms with Crippen LogP contribution in [0.25, 0.3) is 0 Å². The highest BCUT2D eigenvalue weighted by molar-refractivity contribution is 7.91. The van der Waals surface area contributed by atoms with Gasteiger partial charge in [0.1, 0.15) is 4.21 Å². The fourth-order valence-electron chi connectivity index (χ4n) is 2.12. The zero-order chi connectivity index (χ0) is 16.3. The lowest BCUT2D eigenvalue weighted by Crippen LogP contribution is -3.07. The van der Waals surface area contributed by atoms with Crippen molar-refractivity contribution in [1.29, 1.82) is 0 Å². The molecule has 0 saturated heterocycles. The molecule has 0 aliphatic carbocycles. The minimum absolute atomic E-state index is 0.131. The molecule has 0 aliphatic rings. The van der Waals surface area contributed by atoms with Gasteiger partial charge in [0.2, 0.25) is 10.0 Å². The lowest BCUT2D eigenvalue weighted by atomic mass is 9.93. The Labute approximate surface area is 129 Å². The van der Waals surface area contributed by atoms with E-state index in [9.17, 15) is 18.3 Å². The van der Waals surface area contributed by atoms with Gasteiger partial charge in [0, 0.05) is 29.2 Å². The molecule has 1 aromatic heterocycles. The maximum Gasteiger partial charge on any atom is 0.250 e. The van der Waals surface area contributed by atoms with Crippen molar-refractivity contribution in [2.45, 2.75) is 24.5 Å². The number of carboxylic acids is 1. The summed E-state index contributed by atoms with van der Waals surface area (Å²) in [5.41, 5.74) is -0.170. The maximum absolute atomic E-state index is 12.2. The molecule has 0 spiro atoms. The van der Waals surface area contributed by atoms with E-state index in [1.165, 1.54) is 17.0 Å². The molecule has 0 radical (unpaired) electrons. The van der Waals surface area contributed by atoms with Gasteiger partial charge in [-0.2, -0.15) is 0 Å². The standard InChI is InChI=1S/C13H22N2O4S2/c1-13(2,9-15(3)4)8-14-21(18,19)12-6-5-10(20-12)7-11(16)17/h5-6,14H,7-9H2,1-4H3,(H,16,17). The normalized spacial score (nSPS) is 12.8. The minimum atomic E-state index is -3.60. The molecule has 120 valence electrons. The molecule has 0 saturated carbocycles. The number of aliphatic carboxylic acids is 1. The van der Waals surface area contributed by atoms with E-state index in [2.05, 4.69) is 4.72 Å². The van der Waals surface area contributed by atoms with Crippen molar-refractivity contribution < 1.29 is 23.2 Å². The van der Waals surface area contributed by atoms with Gasteiger partial charge in [0.25, 0.3) is 0 Å². The Balaban J connectivity index is 2.73. The van der Waals surface area contributed by atoms with Crippen LogP contribution in [0, 0.1) is 5.41 Å². The first kappa shape index (κ1) is 18.1. The van der Waals surface area contributed by atoms with Crippen LogP contribution in [0.2, 0.25) is 0 Å². The molecule has 6 nitrogen and oxygen atoms in total. The third-order valence-corrected chi connectivity index (χ3v) is 5.77. The van der Waals surface area contributed by atoms with Crippen LogP contribution < -0.4 is 14.7 Å². The van der Waals surface area contributed by atoms with E-state index in [4.69, 9.17) is 0 Å². The van der Waals surface area contributed by atoms with Gasteiger partial charge >= 0.3 is 0 Å². The number of thiophene rings is 1. The Kier molecular flexibility index (Phi) is 5.92. The molecule has 0 aromatic carbocycles. The molecule has 21 heavy (non-hydrogen) atoms. The van der Waals surface area contributed by atoms with Crippen LogP contribution >= 0.6 is 11.3 Å². The Bertz CT molecular complexity index is 591. The van der Waals surface area contributed by atoms with E-state index < -0.39 is 16.0 Å². The van der Waals surface area contributed by atoms with Crippen molar-refractivity contribution in [3.05, 3.63) is 17.0 Å². The number of hydrogen-bond acceptors (Lipinski definition) is 5. The molecule has 0 atom stereocenters. The van der Waals surface area contributed by atoms with Gasteiger partial charge in [0.05, 0.1) is 20.6 Å². The fourth-order valence-corrected chi connectivity index (χ4v) is 4.75. The second kappa shape index (κ2) is 6.87. The largest absolute Gasteiger partial charge is 0.550 e. The van der Waals surface area contributed by atoms with Crippen LogP contribution in [0.4, 0.5) is 0 Å². The summed E-state index contributed by atoms with van der Waals surface area (Å²) in [6.45, 7) is 5.15. The van der Waals surface area contributed by atoms with Gasteiger partial charge in [-0.05, 0) is 12.1 Å². The third kappa shape index (κ3) is 6.13. The van der Waals surface area contributed by atoms with Crippen molar-refractivity contribution in [1.82, 2.24) is 4.72 Å². The second-order valence-corrected chi connectivity index (χ2v) is 9.30. The molecule has 1 heterocycles. The summed E-state index contributed by atoms with van der Waals surface area (Å²) in [6.07, 6.45) is -0.268. The number of carboxylic acid groups (broad SMARTS) is 1. The van der Waals surface area contributed by atoms with Gasteiger partial charge in [-0.15, -0.1) is 11.3 Å². The summed E-state index contributed by atoms with van der Waals surface area (Å²) in [7, 11) is 0.433. The minimum Gasteiger partial charge on any atom is -0.550 e. The quantitative estimate of drug-likeness (QED) is 0.605. The number of sulfonamides is 1. The zero-order valence-corrected chi connectivity index (χ0v) is 14.4. The van der Waals surface area contributed by atoms with Gasteiger partial charge < -0.3 is 14.8 Å². The molecular weight excluding hydrogens is 312 g/mol. The van der Waals surface area contributed by atoms with Crippen LogP contribution in [0.3, 0.4) is 0 Å². The van der Waals surface area contributed by atoms with E-state index >= 15 is 0 Å². The average Bonchev–Trinajstić information content (AvgIpc) is 2.73. The highest BCUT2D eigenvalue weighted by atomic mass is 32.2. The highest BCUT2D eigenvalue weighted by Crippen LogP contribution is 2.22. The third-order valence-electron chi connectivity index (χ3n) is 2.79. The van der Waals surface area contributed by atoms with Gasteiger partial charge in [0.15, 0.2) is 0 Å². The molecule has 0 amide bonds. The summed E-state index contributed by atoms with van der Waals surface area (Å²) in [4.78, 5) is 12.2. The Morgan fingerprint density at radius 1 is 1.38 bits per heavy atom. The fraction of sp³-hybridized carbons (Fsp3) is 0.615. The molecule has 2 N–H and O–H groups in total. The zero-order valence-electron chi connectivity index (χ0n) is 12.7. The van der Waals surface area contributed by atoms with Crippen LogP contribution in [0.5, 0.6) is 0 Å².